The Bertz CT molecular complexity index is 545. The molecular formula is C10H7BrN2O3. The van der Waals surface area contributed by atoms with Gasteiger partial charge in [0, 0.05) is 22.9 Å². The molecule has 0 aromatic carbocycles. The van der Waals surface area contributed by atoms with E-state index in [1.54, 1.807) is 24.5 Å². The molecule has 6 heteroatoms. The van der Waals surface area contributed by atoms with E-state index < -0.39 is 12.6 Å². The number of carbonyl (C=O) groups is 1. The Balaban J connectivity index is 2.41. The van der Waals surface area contributed by atoms with Gasteiger partial charge < -0.3 is 9.84 Å². The van der Waals surface area contributed by atoms with E-state index in [0.717, 1.165) is 4.47 Å². The Kier molecular flexibility index (Phi) is 3.00. The molecule has 0 aliphatic heterocycles. The third-order valence-corrected chi connectivity index (χ3v) is 2.29. The molecule has 0 aliphatic rings. The first-order chi connectivity index (χ1) is 7.66. The van der Waals surface area contributed by atoms with Crippen molar-refractivity contribution in [2.45, 2.75) is 0 Å². The largest absolute Gasteiger partial charge is 0.480 e. The minimum absolute atomic E-state index is 0.392. The van der Waals surface area contributed by atoms with E-state index in [1.165, 1.54) is 0 Å². The van der Waals surface area contributed by atoms with Gasteiger partial charge in [0.1, 0.15) is 11.3 Å². The van der Waals surface area contributed by atoms with Crippen molar-refractivity contribution in [3.05, 3.63) is 29.0 Å². The Morgan fingerprint density at radius 2 is 2.31 bits per heavy atom. The van der Waals surface area contributed by atoms with Crippen LogP contribution >= 0.6 is 15.9 Å². The van der Waals surface area contributed by atoms with Gasteiger partial charge in [-0.25, -0.2) is 9.78 Å². The van der Waals surface area contributed by atoms with Crippen LogP contribution in [0.5, 0.6) is 5.75 Å². The summed E-state index contributed by atoms with van der Waals surface area (Å²) < 4.78 is 5.91. The van der Waals surface area contributed by atoms with Crippen molar-refractivity contribution in [1.29, 1.82) is 0 Å². The van der Waals surface area contributed by atoms with Crippen LogP contribution in [-0.2, 0) is 4.79 Å². The number of fused-ring (bicyclic) bond motifs is 1. The molecule has 2 rings (SSSR count). The number of ether oxygens (including phenoxy) is 1. The zero-order chi connectivity index (χ0) is 11.5. The summed E-state index contributed by atoms with van der Waals surface area (Å²) in [7, 11) is 0. The molecule has 0 unspecified atom stereocenters. The van der Waals surface area contributed by atoms with Crippen molar-refractivity contribution in [1.82, 2.24) is 9.97 Å². The van der Waals surface area contributed by atoms with Gasteiger partial charge in [0.2, 0.25) is 0 Å². The summed E-state index contributed by atoms with van der Waals surface area (Å²) in [6, 6.07) is 3.38. The van der Waals surface area contributed by atoms with Gasteiger partial charge in [-0.05, 0) is 22.0 Å². The van der Waals surface area contributed by atoms with Crippen LogP contribution in [0.1, 0.15) is 0 Å². The van der Waals surface area contributed by atoms with E-state index in [-0.39, 0.29) is 0 Å². The number of halogens is 1. The number of carboxylic acids is 1. The standard InChI is InChI=1S/C10H7BrN2O3/c11-6-3-7-10(13-4-6)8(1-2-12-7)16-5-9(14)15/h1-4H,5H2,(H,14,15). The van der Waals surface area contributed by atoms with Gasteiger partial charge in [-0.15, -0.1) is 0 Å². The zero-order valence-electron chi connectivity index (χ0n) is 8.05. The summed E-state index contributed by atoms with van der Waals surface area (Å²) in [5.74, 6) is -0.609. The lowest BCUT2D eigenvalue weighted by atomic mass is 10.3. The number of aliphatic carboxylic acids is 1. The first-order valence-corrected chi connectivity index (χ1v) is 5.21. The van der Waals surface area contributed by atoms with E-state index >= 15 is 0 Å². The Morgan fingerprint density at radius 1 is 1.50 bits per heavy atom. The summed E-state index contributed by atoms with van der Waals surface area (Å²) in [6.45, 7) is -0.392. The van der Waals surface area contributed by atoms with E-state index in [9.17, 15) is 4.79 Å². The fraction of sp³-hybridized carbons (Fsp3) is 0.100. The van der Waals surface area contributed by atoms with Crippen molar-refractivity contribution < 1.29 is 14.6 Å². The van der Waals surface area contributed by atoms with Crippen molar-refractivity contribution in [2.75, 3.05) is 6.61 Å². The van der Waals surface area contributed by atoms with Crippen LogP contribution in [0.3, 0.4) is 0 Å². The van der Waals surface area contributed by atoms with E-state index in [4.69, 9.17) is 9.84 Å². The lowest BCUT2D eigenvalue weighted by Crippen LogP contribution is -2.09. The number of nitrogens with zero attached hydrogens (tertiary/aromatic N) is 2. The van der Waals surface area contributed by atoms with Crippen LogP contribution in [-0.4, -0.2) is 27.7 Å². The van der Waals surface area contributed by atoms with Crippen LogP contribution in [0.4, 0.5) is 0 Å². The normalized spacial score (nSPS) is 10.3. The maximum absolute atomic E-state index is 10.4. The molecule has 0 aliphatic carbocycles. The molecule has 0 fully saturated rings. The summed E-state index contributed by atoms with van der Waals surface area (Å²) in [5.41, 5.74) is 1.20. The molecule has 2 aromatic heterocycles. The predicted molar refractivity (Wildman–Crippen MR) is 60.4 cm³/mol. The van der Waals surface area contributed by atoms with E-state index in [0.29, 0.717) is 16.8 Å². The summed E-state index contributed by atoms with van der Waals surface area (Å²) >= 11 is 3.28. The van der Waals surface area contributed by atoms with Crippen LogP contribution in [0, 0.1) is 0 Å². The first kappa shape index (κ1) is 10.8. The number of carboxylic acid groups (broad SMARTS) is 1. The molecule has 0 saturated heterocycles. The lowest BCUT2D eigenvalue weighted by molar-refractivity contribution is -0.139. The van der Waals surface area contributed by atoms with Crippen molar-refractivity contribution in [2.24, 2.45) is 0 Å². The number of rotatable bonds is 3. The molecule has 16 heavy (non-hydrogen) atoms. The zero-order valence-corrected chi connectivity index (χ0v) is 9.64. The fourth-order valence-electron chi connectivity index (χ4n) is 1.24. The van der Waals surface area contributed by atoms with Gasteiger partial charge in [-0.1, -0.05) is 0 Å². The Hall–Kier alpha value is -1.69. The number of hydrogen-bond acceptors (Lipinski definition) is 4. The lowest BCUT2D eigenvalue weighted by Gasteiger charge is -2.05. The maximum Gasteiger partial charge on any atom is 0.341 e. The van der Waals surface area contributed by atoms with Gasteiger partial charge in [-0.3, -0.25) is 4.98 Å². The molecule has 2 aromatic rings. The van der Waals surface area contributed by atoms with Gasteiger partial charge in [0.25, 0.3) is 0 Å². The van der Waals surface area contributed by atoms with E-state index in [1.807, 2.05) is 0 Å². The molecule has 0 spiro atoms. The Morgan fingerprint density at radius 3 is 3.06 bits per heavy atom. The number of aromatic nitrogens is 2. The SMILES string of the molecule is O=C(O)COc1ccnc2cc(Br)cnc12. The smallest absolute Gasteiger partial charge is 0.341 e. The third-order valence-electron chi connectivity index (χ3n) is 1.86. The second kappa shape index (κ2) is 4.44. The molecule has 2 heterocycles. The van der Waals surface area contributed by atoms with E-state index in [2.05, 4.69) is 25.9 Å². The molecule has 0 amide bonds. The van der Waals surface area contributed by atoms with Gasteiger partial charge in [-0.2, -0.15) is 0 Å². The van der Waals surface area contributed by atoms with Crippen LogP contribution in [0.2, 0.25) is 0 Å². The molecule has 0 bridgehead atoms. The highest BCUT2D eigenvalue weighted by molar-refractivity contribution is 9.10. The third kappa shape index (κ3) is 2.27. The highest BCUT2D eigenvalue weighted by Crippen LogP contribution is 2.23. The fourth-order valence-corrected chi connectivity index (χ4v) is 1.56. The molecular weight excluding hydrogens is 276 g/mol. The average Bonchev–Trinajstić information content (AvgIpc) is 2.25. The molecule has 0 saturated carbocycles. The van der Waals surface area contributed by atoms with Crippen molar-refractivity contribution in [3.63, 3.8) is 0 Å². The predicted octanol–water partition coefficient (Wildman–Crippen LogP) is 1.86. The topological polar surface area (TPSA) is 72.3 Å². The molecule has 0 atom stereocenters. The highest BCUT2D eigenvalue weighted by Gasteiger charge is 2.06. The van der Waals surface area contributed by atoms with Gasteiger partial charge in [0.05, 0.1) is 5.52 Å². The molecule has 82 valence electrons. The Labute approximate surface area is 99.2 Å². The monoisotopic (exact) mass is 282 g/mol. The highest BCUT2D eigenvalue weighted by atomic mass is 79.9. The molecule has 0 radical (unpaired) electrons. The molecule has 1 N–H and O–H groups in total. The molecule has 5 nitrogen and oxygen atoms in total. The summed E-state index contributed by atoms with van der Waals surface area (Å²) in [5, 5.41) is 8.52. The van der Waals surface area contributed by atoms with Crippen LogP contribution < -0.4 is 4.74 Å². The summed E-state index contributed by atoms with van der Waals surface area (Å²) in [6.07, 6.45) is 3.16. The van der Waals surface area contributed by atoms with Crippen molar-refractivity contribution >= 4 is 32.9 Å². The van der Waals surface area contributed by atoms with Crippen molar-refractivity contribution in [3.8, 4) is 5.75 Å². The van der Waals surface area contributed by atoms with Gasteiger partial charge in [0.15, 0.2) is 6.61 Å². The quantitative estimate of drug-likeness (QED) is 0.930. The van der Waals surface area contributed by atoms with Crippen LogP contribution in [0.25, 0.3) is 11.0 Å². The van der Waals surface area contributed by atoms with Gasteiger partial charge >= 0.3 is 5.97 Å². The maximum atomic E-state index is 10.4. The second-order valence-electron chi connectivity index (χ2n) is 3.01. The minimum Gasteiger partial charge on any atom is -0.480 e. The van der Waals surface area contributed by atoms with Crippen LogP contribution in [0.15, 0.2) is 29.0 Å². The average molecular weight is 283 g/mol. The number of hydrogen-bond donors (Lipinski definition) is 1. The number of pyridine rings is 2. The first-order valence-electron chi connectivity index (χ1n) is 4.41. The summed E-state index contributed by atoms with van der Waals surface area (Å²) in [4.78, 5) is 18.6. The second-order valence-corrected chi connectivity index (χ2v) is 3.93. The minimum atomic E-state index is -1.03.